The molecule has 0 aromatic carbocycles. The standard InChI is InChI=1S/C16H32N2O/c1-12-5-7-16(11-17,14(3)9-12)18-8-6-13(2)15(10-18)19-4/h12-15H,5-11,17H2,1-4H3. The average Bonchev–Trinajstić information content (AvgIpc) is 2.40. The highest BCUT2D eigenvalue weighted by Crippen LogP contribution is 2.42. The molecule has 1 saturated heterocycles. The third-order valence-corrected chi connectivity index (χ3v) is 5.92. The molecule has 0 aromatic heterocycles. The van der Waals surface area contributed by atoms with Gasteiger partial charge >= 0.3 is 0 Å². The van der Waals surface area contributed by atoms with Crippen molar-refractivity contribution in [2.45, 2.75) is 58.1 Å². The van der Waals surface area contributed by atoms with Crippen molar-refractivity contribution in [1.29, 1.82) is 0 Å². The Morgan fingerprint density at radius 2 is 2.00 bits per heavy atom. The van der Waals surface area contributed by atoms with Gasteiger partial charge in [-0.2, -0.15) is 0 Å². The summed E-state index contributed by atoms with van der Waals surface area (Å²) in [6.07, 6.45) is 5.52. The second-order valence-corrected chi connectivity index (χ2v) is 7.07. The molecule has 0 spiro atoms. The monoisotopic (exact) mass is 268 g/mol. The van der Waals surface area contributed by atoms with Crippen LogP contribution in [0.2, 0.25) is 0 Å². The van der Waals surface area contributed by atoms with E-state index in [0.717, 1.165) is 19.0 Å². The fourth-order valence-electron chi connectivity index (χ4n) is 4.33. The molecule has 112 valence electrons. The summed E-state index contributed by atoms with van der Waals surface area (Å²) in [6.45, 7) is 10.2. The van der Waals surface area contributed by atoms with Gasteiger partial charge in [-0.05, 0) is 50.0 Å². The topological polar surface area (TPSA) is 38.5 Å². The molecular formula is C16H32N2O. The number of hydrogen-bond donors (Lipinski definition) is 1. The van der Waals surface area contributed by atoms with E-state index in [-0.39, 0.29) is 5.54 Å². The summed E-state index contributed by atoms with van der Waals surface area (Å²) in [7, 11) is 1.85. The lowest BCUT2D eigenvalue weighted by atomic mass is 9.68. The number of likely N-dealkylation sites (tertiary alicyclic amines) is 1. The number of hydrogen-bond acceptors (Lipinski definition) is 3. The third kappa shape index (κ3) is 2.84. The van der Waals surface area contributed by atoms with Crippen LogP contribution in [0.3, 0.4) is 0 Å². The molecule has 0 amide bonds. The molecule has 0 radical (unpaired) electrons. The number of piperidine rings is 1. The highest BCUT2D eigenvalue weighted by atomic mass is 16.5. The predicted octanol–water partition coefficient (Wildman–Crippen LogP) is 2.50. The van der Waals surface area contributed by atoms with E-state index < -0.39 is 0 Å². The van der Waals surface area contributed by atoms with Crippen molar-refractivity contribution in [2.24, 2.45) is 23.5 Å². The van der Waals surface area contributed by atoms with E-state index in [4.69, 9.17) is 10.5 Å². The van der Waals surface area contributed by atoms with Gasteiger partial charge in [0, 0.05) is 25.7 Å². The first-order valence-electron chi connectivity index (χ1n) is 8.01. The van der Waals surface area contributed by atoms with Crippen molar-refractivity contribution >= 4 is 0 Å². The Hall–Kier alpha value is -0.120. The van der Waals surface area contributed by atoms with Gasteiger partial charge in [-0.15, -0.1) is 0 Å². The van der Waals surface area contributed by atoms with Crippen LogP contribution in [0.5, 0.6) is 0 Å². The normalized spacial score (nSPS) is 45.3. The first-order chi connectivity index (χ1) is 9.03. The van der Waals surface area contributed by atoms with E-state index in [1.165, 1.54) is 32.2 Å². The largest absolute Gasteiger partial charge is 0.380 e. The fraction of sp³-hybridized carbons (Fsp3) is 1.00. The molecule has 19 heavy (non-hydrogen) atoms. The molecule has 0 aromatic rings. The summed E-state index contributed by atoms with van der Waals surface area (Å²) in [5, 5.41) is 0. The molecule has 1 aliphatic heterocycles. The molecule has 0 bridgehead atoms. The van der Waals surface area contributed by atoms with E-state index in [1.54, 1.807) is 0 Å². The third-order valence-electron chi connectivity index (χ3n) is 5.92. The molecule has 3 nitrogen and oxygen atoms in total. The Labute approximate surface area is 118 Å². The second-order valence-electron chi connectivity index (χ2n) is 7.07. The Balaban J connectivity index is 2.12. The predicted molar refractivity (Wildman–Crippen MR) is 80.1 cm³/mol. The molecule has 2 N–H and O–H groups in total. The van der Waals surface area contributed by atoms with Crippen molar-refractivity contribution in [3.8, 4) is 0 Å². The molecule has 1 saturated carbocycles. The lowest BCUT2D eigenvalue weighted by Gasteiger charge is -2.54. The van der Waals surface area contributed by atoms with Gasteiger partial charge in [0.25, 0.3) is 0 Å². The molecule has 2 fully saturated rings. The quantitative estimate of drug-likeness (QED) is 0.854. The van der Waals surface area contributed by atoms with Crippen LogP contribution in [0.1, 0.15) is 46.5 Å². The summed E-state index contributed by atoms with van der Waals surface area (Å²) in [5.41, 5.74) is 6.47. The van der Waals surface area contributed by atoms with Gasteiger partial charge in [0.2, 0.25) is 0 Å². The van der Waals surface area contributed by atoms with Crippen molar-refractivity contribution < 1.29 is 4.74 Å². The minimum absolute atomic E-state index is 0.226. The molecule has 1 aliphatic carbocycles. The van der Waals surface area contributed by atoms with Gasteiger partial charge in [0.1, 0.15) is 0 Å². The van der Waals surface area contributed by atoms with E-state index in [2.05, 4.69) is 25.7 Å². The zero-order chi connectivity index (χ0) is 14.0. The minimum atomic E-state index is 0.226. The summed E-state index contributed by atoms with van der Waals surface area (Å²) >= 11 is 0. The SMILES string of the molecule is COC1CN(C2(CN)CCC(C)CC2C)CCC1C. The van der Waals surface area contributed by atoms with Crippen molar-refractivity contribution in [3.05, 3.63) is 0 Å². The summed E-state index contributed by atoms with van der Waals surface area (Å²) in [6, 6.07) is 0. The van der Waals surface area contributed by atoms with Gasteiger partial charge < -0.3 is 10.5 Å². The number of nitrogens with zero attached hydrogens (tertiary/aromatic N) is 1. The van der Waals surface area contributed by atoms with Crippen molar-refractivity contribution in [2.75, 3.05) is 26.7 Å². The van der Waals surface area contributed by atoms with Crippen molar-refractivity contribution in [1.82, 2.24) is 4.90 Å². The van der Waals surface area contributed by atoms with Crippen LogP contribution in [0.25, 0.3) is 0 Å². The molecule has 1 heterocycles. The van der Waals surface area contributed by atoms with Crippen LogP contribution in [-0.4, -0.2) is 43.3 Å². The molecule has 5 atom stereocenters. The number of ether oxygens (including phenoxy) is 1. The smallest absolute Gasteiger partial charge is 0.0724 e. The zero-order valence-corrected chi connectivity index (χ0v) is 13.2. The van der Waals surface area contributed by atoms with Gasteiger partial charge in [-0.3, -0.25) is 4.90 Å². The van der Waals surface area contributed by atoms with Gasteiger partial charge in [0.05, 0.1) is 6.10 Å². The maximum Gasteiger partial charge on any atom is 0.0724 e. The van der Waals surface area contributed by atoms with Gasteiger partial charge in [0.15, 0.2) is 0 Å². The maximum atomic E-state index is 6.24. The number of methoxy groups -OCH3 is 1. The summed E-state index contributed by atoms with van der Waals surface area (Å²) in [4.78, 5) is 2.66. The zero-order valence-electron chi connectivity index (χ0n) is 13.2. The van der Waals surface area contributed by atoms with Crippen LogP contribution in [-0.2, 0) is 4.74 Å². The minimum Gasteiger partial charge on any atom is -0.380 e. The Morgan fingerprint density at radius 1 is 1.26 bits per heavy atom. The average molecular weight is 268 g/mol. The van der Waals surface area contributed by atoms with Gasteiger partial charge in [-0.25, -0.2) is 0 Å². The maximum absolute atomic E-state index is 6.24. The second kappa shape index (κ2) is 6.11. The van der Waals surface area contributed by atoms with E-state index >= 15 is 0 Å². The van der Waals surface area contributed by atoms with Crippen molar-refractivity contribution in [3.63, 3.8) is 0 Å². The molecule has 2 rings (SSSR count). The van der Waals surface area contributed by atoms with E-state index in [1.807, 2.05) is 7.11 Å². The van der Waals surface area contributed by atoms with Gasteiger partial charge in [-0.1, -0.05) is 20.8 Å². The molecular weight excluding hydrogens is 236 g/mol. The lowest BCUT2D eigenvalue weighted by Crippen LogP contribution is -2.63. The van der Waals surface area contributed by atoms with Crippen LogP contribution < -0.4 is 5.73 Å². The Kier molecular flexibility index (Phi) is 4.91. The molecule has 2 aliphatic rings. The molecule has 5 unspecified atom stereocenters. The number of rotatable bonds is 3. The number of nitrogens with two attached hydrogens (primary N) is 1. The Bertz CT molecular complexity index is 296. The highest BCUT2D eigenvalue weighted by molar-refractivity contribution is 5.01. The molecule has 3 heteroatoms. The summed E-state index contributed by atoms with van der Waals surface area (Å²) in [5.74, 6) is 2.23. The lowest BCUT2D eigenvalue weighted by molar-refractivity contribution is -0.0761. The Morgan fingerprint density at radius 3 is 2.58 bits per heavy atom. The highest BCUT2D eigenvalue weighted by Gasteiger charge is 2.45. The van der Waals surface area contributed by atoms with E-state index in [0.29, 0.717) is 17.9 Å². The fourth-order valence-corrected chi connectivity index (χ4v) is 4.33. The van der Waals surface area contributed by atoms with E-state index in [9.17, 15) is 0 Å². The first kappa shape index (κ1) is 15.3. The van der Waals surface area contributed by atoms with Crippen LogP contribution in [0.4, 0.5) is 0 Å². The van der Waals surface area contributed by atoms with Crippen LogP contribution >= 0.6 is 0 Å². The summed E-state index contributed by atoms with van der Waals surface area (Å²) < 4.78 is 5.69. The van der Waals surface area contributed by atoms with Crippen LogP contribution in [0, 0.1) is 17.8 Å². The first-order valence-corrected chi connectivity index (χ1v) is 8.01. The van der Waals surface area contributed by atoms with Crippen LogP contribution in [0.15, 0.2) is 0 Å².